The van der Waals surface area contributed by atoms with Gasteiger partial charge in [0, 0.05) is 6.92 Å². The molecule has 82 valence electrons. The first-order valence-electron chi connectivity index (χ1n) is 4.82. The fraction of sp³-hybridized carbons (Fsp3) is 0.167. The van der Waals surface area contributed by atoms with Gasteiger partial charge in [-0.25, -0.2) is 0 Å². The SMILES string of the molecule is COc1cccc(-c2cnoc2C(C)=O)c1. The molecule has 0 amide bonds. The number of benzene rings is 1. The number of nitrogens with zero attached hydrogens (tertiary/aromatic N) is 1. The molecule has 1 aromatic heterocycles. The van der Waals surface area contributed by atoms with E-state index in [2.05, 4.69) is 5.16 Å². The lowest BCUT2D eigenvalue weighted by Crippen LogP contribution is -1.92. The highest BCUT2D eigenvalue weighted by Gasteiger charge is 2.14. The van der Waals surface area contributed by atoms with E-state index in [0.717, 1.165) is 11.3 Å². The van der Waals surface area contributed by atoms with E-state index in [4.69, 9.17) is 9.26 Å². The van der Waals surface area contributed by atoms with Crippen LogP contribution in [-0.2, 0) is 0 Å². The van der Waals surface area contributed by atoms with Gasteiger partial charge >= 0.3 is 0 Å². The van der Waals surface area contributed by atoms with E-state index in [0.29, 0.717) is 5.56 Å². The Morgan fingerprint density at radius 3 is 2.94 bits per heavy atom. The van der Waals surface area contributed by atoms with Crippen LogP contribution in [0.15, 0.2) is 35.0 Å². The van der Waals surface area contributed by atoms with Crippen LogP contribution >= 0.6 is 0 Å². The van der Waals surface area contributed by atoms with E-state index in [1.54, 1.807) is 7.11 Å². The number of ether oxygens (including phenoxy) is 1. The Balaban J connectivity index is 2.50. The van der Waals surface area contributed by atoms with Crippen molar-refractivity contribution in [2.45, 2.75) is 6.92 Å². The standard InChI is InChI=1S/C12H11NO3/c1-8(14)12-11(7-13-16-12)9-4-3-5-10(6-9)15-2/h3-7H,1-2H3. The third kappa shape index (κ3) is 1.82. The van der Waals surface area contributed by atoms with Crippen LogP contribution in [0.3, 0.4) is 0 Å². The number of carbonyl (C=O) groups is 1. The van der Waals surface area contributed by atoms with Gasteiger partial charge in [0.1, 0.15) is 5.75 Å². The summed E-state index contributed by atoms with van der Waals surface area (Å²) in [6.07, 6.45) is 1.53. The Bertz CT molecular complexity index is 516. The highest BCUT2D eigenvalue weighted by molar-refractivity contribution is 5.97. The van der Waals surface area contributed by atoms with Crippen molar-refractivity contribution in [3.05, 3.63) is 36.2 Å². The van der Waals surface area contributed by atoms with Crippen molar-refractivity contribution in [2.24, 2.45) is 0 Å². The lowest BCUT2D eigenvalue weighted by molar-refractivity contribution is 0.0979. The van der Waals surface area contributed by atoms with Crippen LogP contribution in [0.25, 0.3) is 11.1 Å². The van der Waals surface area contributed by atoms with Crippen molar-refractivity contribution >= 4 is 5.78 Å². The number of hydrogen-bond acceptors (Lipinski definition) is 4. The zero-order valence-corrected chi connectivity index (χ0v) is 9.06. The Morgan fingerprint density at radius 1 is 1.44 bits per heavy atom. The van der Waals surface area contributed by atoms with E-state index >= 15 is 0 Å². The Morgan fingerprint density at radius 2 is 2.25 bits per heavy atom. The van der Waals surface area contributed by atoms with Crippen molar-refractivity contribution in [3.8, 4) is 16.9 Å². The number of ketones is 1. The molecule has 0 saturated carbocycles. The van der Waals surface area contributed by atoms with Gasteiger partial charge < -0.3 is 9.26 Å². The van der Waals surface area contributed by atoms with E-state index in [-0.39, 0.29) is 11.5 Å². The van der Waals surface area contributed by atoms with Crippen LogP contribution in [0, 0.1) is 0 Å². The molecule has 0 aliphatic rings. The molecule has 0 spiro atoms. The number of methoxy groups -OCH3 is 1. The minimum absolute atomic E-state index is 0.143. The van der Waals surface area contributed by atoms with E-state index < -0.39 is 0 Å². The van der Waals surface area contributed by atoms with Crippen molar-refractivity contribution in [1.82, 2.24) is 5.16 Å². The summed E-state index contributed by atoms with van der Waals surface area (Å²) in [4.78, 5) is 11.3. The third-order valence-electron chi connectivity index (χ3n) is 2.27. The molecular weight excluding hydrogens is 206 g/mol. The molecule has 2 rings (SSSR count). The minimum Gasteiger partial charge on any atom is -0.497 e. The number of hydrogen-bond donors (Lipinski definition) is 0. The first kappa shape index (κ1) is 10.4. The topological polar surface area (TPSA) is 52.3 Å². The van der Waals surface area contributed by atoms with Crippen LogP contribution in [0.2, 0.25) is 0 Å². The van der Waals surface area contributed by atoms with E-state index in [1.807, 2.05) is 24.3 Å². The average Bonchev–Trinajstić information content (AvgIpc) is 2.78. The predicted molar refractivity (Wildman–Crippen MR) is 58.5 cm³/mol. The lowest BCUT2D eigenvalue weighted by atomic mass is 10.1. The zero-order valence-electron chi connectivity index (χ0n) is 9.06. The van der Waals surface area contributed by atoms with Crippen molar-refractivity contribution < 1.29 is 14.1 Å². The van der Waals surface area contributed by atoms with Crippen LogP contribution in [0.5, 0.6) is 5.75 Å². The minimum atomic E-state index is -0.143. The van der Waals surface area contributed by atoms with E-state index in [1.165, 1.54) is 13.1 Å². The normalized spacial score (nSPS) is 10.1. The first-order valence-corrected chi connectivity index (χ1v) is 4.82. The largest absolute Gasteiger partial charge is 0.497 e. The van der Waals surface area contributed by atoms with Crippen LogP contribution in [-0.4, -0.2) is 18.0 Å². The smallest absolute Gasteiger partial charge is 0.209 e. The number of carbonyl (C=O) groups excluding carboxylic acids is 1. The quantitative estimate of drug-likeness (QED) is 0.741. The lowest BCUT2D eigenvalue weighted by Gasteiger charge is -2.02. The molecule has 2 aromatic rings. The van der Waals surface area contributed by atoms with Gasteiger partial charge in [0.05, 0.1) is 18.9 Å². The van der Waals surface area contributed by atoms with Crippen molar-refractivity contribution in [3.63, 3.8) is 0 Å². The fourth-order valence-electron chi connectivity index (χ4n) is 1.49. The fourth-order valence-corrected chi connectivity index (χ4v) is 1.49. The highest BCUT2D eigenvalue weighted by atomic mass is 16.5. The predicted octanol–water partition coefficient (Wildman–Crippen LogP) is 2.55. The summed E-state index contributed by atoms with van der Waals surface area (Å²) in [5.74, 6) is 0.858. The summed E-state index contributed by atoms with van der Waals surface area (Å²) in [7, 11) is 1.60. The molecule has 0 radical (unpaired) electrons. The molecule has 0 aliphatic heterocycles. The monoisotopic (exact) mass is 217 g/mol. The maximum Gasteiger partial charge on any atom is 0.209 e. The van der Waals surface area contributed by atoms with Gasteiger partial charge in [0.15, 0.2) is 5.78 Å². The van der Waals surface area contributed by atoms with Crippen LogP contribution in [0.4, 0.5) is 0 Å². The van der Waals surface area contributed by atoms with Crippen LogP contribution in [0.1, 0.15) is 17.5 Å². The molecular formula is C12H11NO3. The molecule has 0 atom stereocenters. The first-order chi connectivity index (χ1) is 7.72. The molecule has 4 nitrogen and oxygen atoms in total. The van der Waals surface area contributed by atoms with Gasteiger partial charge in [-0.05, 0) is 17.7 Å². The summed E-state index contributed by atoms with van der Waals surface area (Å²) in [5, 5.41) is 3.64. The number of Topliss-reactive ketones (excluding diaryl/α,β-unsaturated/α-hetero) is 1. The average molecular weight is 217 g/mol. The third-order valence-corrected chi connectivity index (χ3v) is 2.27. The molecule has 0 saturated heterocycles. The maximum atomic E-state index is 11.3. The second-order valence-electron chi connectivity index (χ2n) is 3.36. The van der Waals surface area contributed by atoms with Gasteiger partial charge in [0.25, 0.3) is 0 Å². The van der Waals surface area contributed by atoms with E-state index in [9.17, 15) is 4.79 Å². The molecule has 16 heavy (non-hydrogen) atoms. The Hall–Kier alpha value is -2.10. The zero-order chi connectivity index (χ0) is 11.5. The molecule has 0 fully saturated rings. The maximum absolute atomic E-state index is 11.3. The molecule has 0 N–H and O–H groups in total. The van der Waals surface area contributed by atoms with Gasteiger partial charge in [0.2, 0.25) is 5.76 Å². The Labute approximate surface area is 92.8 Å². The summed E-state index contributed by atoms with van der Waals surface area (Å²) >= 11 is 0. The van der Waals surface area contributed by atoms with Gasteiger partial charge in [-0.1, -0.05) is 17.3 Å². The molecule has 0 unspecified atom stereocenters. The molecule has 1 heterocycles. The summed E-state index contributed by atoms with van der Waals surface area (Å²) in [5.41, 5.74) is 1.54. The molecule has 0 aliphatic carbocycles. The van der Waals surface area contributed by atoms with Gasteiger partial charge in [-0.15, -0.1) is 0 Å². The van der Waals surface area contributed by atoms with Crippen LogP contribution < -0.4 is 4.74 Å². The molecule has 0 bridgehead atoms. The second kappa shape index (κ2) is 4.18. The number of aromatic nitrogens is 1. The van der Waals surface area contributed by atoms with Gasteiger partial charge in [-0.3, -0.25) is 4.79 Å². The Kier molecular flexibility index (Phi) is 2.72. The number of rotatable bonds is 3. The summed E-state index contributed by atoms with van der Waals surface area (Å²) in [6.45, 7) is 1.45. The van der Waals surface area contributed by atoms with Crippen molar-refractivity contribution in [1.29, 1.82) is 0 Å². The second-order valence-corrected chi connectivity index (χ2v) is 3.36. The molecule has 4 heteroatoms. The highest BCUT2D eigenvalue weighted by Crippen LogP contribution is 2.26. The van der Waals surface area contributed by atoms with Crippen molar-refractivity contribution in [2.75, 3.05) is 7.11 Å². The summed E-state index contributed by atoms with van der Waals surface area (Å²) in [6, 6.07) is 7.40. The summed E-state index contributed by atoms with van der Waals surface area (Å²) < 4.78 is 10.0. The molecule has 1 aromatic carbocycles. The van der Waals surface area contributed by atoms with Gasteiger partial charge in [-0.2, -0.15) is 0 Å².